The second-order valence-corrected chi connectivity index (χ2v) is 7.69. The lowest BCUT2D eigenvalue weighted by atomic mass is 9.95. The molecular weight excluding hydrogens is 345 g/mol. The Labute approximate surface area is 160 Å². The molecular formula is C21H30FN3O2. The molecule has 2 saturated heterocycles. The summed E-state index contributed by atoms with van der Waals surface area (Å²) in [5, 5.41) is 2.95. The summed E-state index contributed by atoms with van der Waals surface area (Å²) in [5.74, 6) is 0.0103. The Morgan fingerprint density at radius 3 is 2.22 bits per heavy atom. The number of likely N-dealkylation sites (tertiary alicyclic amines) is 2. The molecule has 27 heavy (non-hydrogen) atoms. The van der Waals surface area contributed by atoms with Gasteiger partial charge in [-0.25, -0.2) is 4.39 Å². The van der Waals surface area contributed by atoms with Gasteiger partial charge in [-0.15, -0.1) is 0 Å². The summed E-state index contributed by atoms with van der Waals surface area (Å²) in [5.41, 5.74) is 0.894. The molecule has 0 saturated carbocycles. The molecule has 0 atom stereocenters. The Kier molecular flexibility index (Phi) is 7.21. The van der Waals surface area contributed by atoms with Crippen molar-refractivity contribution in [3.8, 4) is 0 Å². The van der Waals surface area contributed by atoms with Crippen LogP contribution in [0.5, 0.6) is 0 Å². The van der Waals surface area contributed by atoms with Crippen molar-refractivity contribution >= 4 is 11.8 Å². The fraction of sp³-hybridized carbons (Fsp3) is 0.619. The predicted octanol–water partition coefficient (Wildman–Crippen LogP) is 2.56. The summed E-state index contributed by atoms with van der Waals surface area (Å²) >= 11 is 0. The molecule has 0 spiro atoms. The third-order valence-corrected chi connectivity index (χ3v) is 5.66. The number of nitrogens with zero attached hydrogens (tertiary/aromatic N) is 2. The second kappa shape index (κ2) is 9.83. The highest BCUT2D eigenvalue weighted by Crippen LogP contribution is 2.18. The third-order valence-electron chi connectivity index (χ3n) is 5.66. The minimum atomic E-state index is -0.271. The standard InChI is InChI=1S/C21H30FN3O2/c22-19-7-5-17(6-8-19)15-23-21(27)18-9-13-24(14-10-18)16-20(26)25-11-3-1-2-4-12-25/h5-8,18H,1-4,9-16H2,(H,23,27). The highest BCUT2D eigenvalue weighted by molar-refractivity contribution is 5.79. The average Bonchev–Trinajstić information content (AvgIpc) is 2.97. The Balaban J connectivity index is 1.38. The third kappa shape index (κ3) is 6.03. The molecule has 2 amide bonds. The largest absolute Gasteiger partial charge is 0.352 e. The number of hydrogen-bond donors (Lipinski definition) is 1. The molecule has 148 valence electrons. The molecule has 1 aromatic carbocycles. The van der Waals surface area contributed by atoms with E-state index in [4.69, 9.17) is 0 Å². The maximum absolute atomic E-state index is 12.9. The average molecular weight is 375 g/mol. The van der Waals surface area contributed by atoms with E-state index in [1.807, 2.05) is 4.90 Å². The van der Waals surface area contributed by atoms with Gasteiger partial charge in [-0.3, -0.25) is 14.5 Å². The normalized spacial score (nSPS) is 19.5. The summed E-state index contributed by atoms with van der Waals surface area (Å²) in [6.45, 7) is 4.25. The van der Waals surface area contributed by atoms with E-state index < -0.39 is 0 Å². The minimum Gasteiger partial charge on any atom is -0.352 e. The molecule has 0 aromatic heterocycles. The van der Waals surface area contributed by atoms with Crippen LogP contribution in [0.4, 0.5) is 4.39 Å². The molecule has 0 radical (unpaired) electrons. The lowest BCUT2D eigenvalue weighted by Crippen LogP contribution is -2.45. The van der Waals surface area contributed by atoms with Crippen LogP contribution in [-0.2, 0) is 16.1 Å². The van der Waals surface area contributed by atoms with E-state index in [1.54, 1.807) is 12.1 Å². The number of piperidine rings is 1. The van der Waals surface area contributed by atoms with Crippen molar-refractivity contribution in [2.75, 3.05) is 32.7 Å². The van der Waals surface area contributed by atoms with E-state index >= 15 is 0 Å². The van der Waals surface area contributed by atoms with Gasteiger partial charge in [0.25, 0.3) is 0 Å². The van der Waals surface area contributed by atoms with Crippen molar-refractivity contribution in [2.45, 2.75) is 45.1 Å². The summed E-state index contributed by atoms with van der Waals surface area (Å²) in [6, 6.07) is 6.18. The zero-order valence-electron chi connectivity index (χ0n) is 16.0. The number of carbonyl (C=O) groups excluding carboxylic acids is 2. The van der Waals surface area contributed by atoms with Gasteiger partial charge < -0.3 is 10.2 Å². The fourth-order valence-corrected chi connectivity index (χ4v) is 3.90. The molecule has 0 unspecified atom stereocenters. The molecule has 2 aliphatic heterocycles. The molecule has 5 nitrogen and oxygen atoms in total. The van der Waals surface area contributed by atoms with Crippen molar-refractivity contribution in [3.63, 3.8) is 0 Å². The van der Waals surface area contributed by atoms with Gasteiger partial charge in [0.05, 0.1) is 6.54 Å². The van der Waals surface area contributed by atoms with Gasteiger partial charge in [-0.1, -0.05) is 25.0 Å². The Morgan fingerprint density at radius 1 is 0.963 bits per heavy atom. The number of nitrogens with one attached hydrogen (secondary N) is 1. The van der Waals surface area contributed by atoms with Crippen LogP contribution in [0.1, 0.15) is 44.1 Å². The zero-order chi connectivity index (χ0) is 19.1. The summed E-state index contributed by atoms with van der Waals surface area (Å²) in [6.07, 6.45) is 6.24. The topological polar surface area (TPSA) is 52.7 Å². The smallest absolute Gasteiger partial charge is 0.236 e. The van der Waals surface area contributed by atoms with Gasteiger partial charge in [-0.2, -0.15) is 0 Å². The van der Waals surface area contributed by atoms with Crippen molar-refractivity contribution in [2.24, 2.45) is 5.92 Å². The fourth-order valence-electron chi connectivity index (χ4n) is 3.90. The van der Waals surface area contributed by atoms with Crippen molar-refractivity contribution in [1.82, 2.24) is 15.1 Å². The summed E-state index contributed by atoms with van der Waals surface area (Å²) in [7, 11) is 0. The van der Waals surface area contributed by atoms with Crippen LogP contribution in [-0.4, -0.2) is 54.3 Å². The van der Waals surface area contributed by atoms with Gasteiger partial charge in [0.1, 0.15) is 5.82 Å². The minimum absolute atomic E-state index is 0.00464. The maximum atomic E-state index is 12.9. The number of carbonyl (C=O) groups is 2. The Bertz CT molecular complexity index is 619. The van der Waals surface area contributed by atoms with Gasteiger partial charge in [0, 0.05) is 25.6 Å². The SMILES string of the molecule is O=C(NCc1ccc(F)cc1)C1CCN(CC(=O)N2CCCCCC2)CC1. The van der Waals surface area contributed by atoms with E-state index in [2.05, 4.69) is 10.2 Å². The van der Waals surface area contributed by atoms with Crippen LogP contribution in [0.25, 0.3) is 0 Å². The molecule has 3 rings (SSSR count). The first-order chi connectivity index (χ1) is 13.1. The molecule has 2 fully saturated rings. The first-order valence-corrected chi connectivity index (χ1v) is 10.1. The van der Waals surface area contributed by atoms with Crippen molar-refractivity contribution in [3.05, 3.63) is 35.6 Å². The van der Waals surface area contributed by atoms with E-state index in [9.17, 15) is 14.0 Å². The quantitative estimate of drug-likeness (QED) is 0.861. The van der Waals surface area contributed by atoms with Crippen LogP contribution in [0.2, 0.25) is 0 Å². The Morgan fingerprint density at radius 2 is 1.59 bits per heavy atom. The first kappa shape index (κ1) is 19.8. The summed E-state index contributed by atoms with van der Waals surface area (Å²) < 4.78 is 12.9. The molecule has 6 heteroatoms. The van der Waals surface area contributed by atoms with Crippen LogP contribution in [0.3, 0.4) is 0 Å². The highest BCUT2D eigenvalue weighted by Gasteiger charge is 2.27. The molecule has 2 heterocycles. The monoisotopic (exact) mass is 375 g/mol. The van der Waals surface area contributed by atoms with E-state index in [0.29, 0.717) is 13.1 Å². The molecule has 0 aliphatic carbocycles. The lowest BCUT2D eigenvalue weighted by molar-refractivity contribution is -0.133. The van der Waals surface area contributed by atoms with Crippen molar-refractivity contribution in [1.29, 1.82) is 0 Å². The molecule has 0 bridgehead atoms. The maximum Gasteiger partial charge on any atom is 0.236 e. The van der Waals surface area contributed by atoms with Gasteiger partial charge >= 0.3 is 0 Å². The van der Waals surface area contributed by atoms with Crippen LogP contribution in [0, 0.1) is 11.7 Å². The number of hydrogen-bond acceptors (Lipinski definition) is 3. The first-order valence-electron chi connectivity index (χ1n) is 10.1. The van der Waals surface area contributed by atoms with Crippen molar-refractivity contribution < 1.29 is 14.0 Å². The number of rotatable bonds is 5. The van der Waals surface area contributed by atoms with Crippen LogP contribution in [0.15, 0.2) is 24.3 Å². The zero-order valence-corrected chi connectivity index (χ0v) is 16.0. The lowest BCUT2D eigenvalue weighted by Gasteiger charge is -2.32. The van der Waals surface area contributed by atoms with Crippen LogP contribution >= 0.6 is 0 Å². The molecule has 2 aliphatic rings. The van der Waals surface area contributed by atoms with E-state index in [-0.39, 0.29) is 23.5 Å². The second-order valence-electron chi connectivity index (χ2n) is 7.69. The van der Waals surface area contributed by atoms with E-state index in [0.717, 1.165) is 57.4 Å². The van der Waals surface area contributed by atoms with E-state index in [1.165, 1.54) is 25.0 Å². The van der Waals surface area contributed by atoms with Gasteiger partial charge in [0.15, 0.2) is 0 Å². The number of amides is 2. The predicted molar refractivity (Wildman–Crippen MR) is 102 cm³/mol. The number of halogens is 1. The number of benzene rings is 1. The molecule has 1 N–H and O–H groups in total. The van der Waals surface area contributed by atoms with Gasteiger partial charge in [0.2, 0.25) is 11.8 Å². The molecule has 1 aromatic rings. The van der Waals surface area contributed by atoms with Gasteiger partial charge in [-0.05, 0) is 56.5 Å². The highest BCUT2D eigenvalue weighted by atomic mass is 19.1. The summed E-state index contributed by atoms with van der Waals surface area (Å²) in [4.78, 5) is 29.1. The Hall–Kier alpha value is -1.95. The van der Waals surface area contributed by atoms with Crippen LogP contribution < -0.4 is 5.32 Å².